The van der Waals surface area contributed by atoms with Gasteiger partial charge < -0.3 is 14.5 Å². The Balaban J connectivity index is 4.48. The largest absolute Gasteiger partial charge is 0.456 e. The molecule has 0 rings (SSSR count). The third-order valence-corrected chi connectivity index (χ3v) is 1.25. The van der Waals surface area contributed by atoms with E-state index in [1.807, 2.05) is 0 Å². The summed E-state index contributed by atoms with van der Waals surface area (Å²) in [6.07, 6.45) is -7.25. The monoisotopic (exact) mass is 242 g/mol. The van der Waals surface area contributed by atoms with E-state index in [1.54, 1.807) is 0 Å². The van der Waals surface area contributed by atoms with E-state index in [0.717, 1.165) is 0 Å². The maximum atomic E-state index is 12.0. The SMILES string of the molecule is O=P(O)(O)CO/C(F)=C(\F)C(F)(F)F. The highest BCUT2D eigenvalue weighted by atomic mass is 31.2. The van der Waals surface area contributed by atoms with Crippen LogP contribution in [0.3, 0.4) is 0 Å². The van der Waals surface area contributed by atoms with E-state index in [1.165, 1.54) is 0 Å². The van der Waals surface area contributed by atoms with E-state index >= 15 is 0 Å². The smallest absolute Gasteiger partial charge is 0.449 e. The fraction of sp³-hybridized carbons (Fsp3) is 0.500. The van der Waals surface area contributed by atoms with Crippen molar-refractivity contribution in [2.24, 2.45) is 0 Å². The lowest BCUT2D eigenvalue weighted by Crippen LogP contribution is -2.11. The summed E-state index contributed by atoms with van der Waals surface area (Å²) in [4.78, 5) is 16.1. The van der Waals surface area contributed by atoms with Gasteiger partial charge in [-0.15, -0.1) is 0 Å². The third-order valence-electron chi connectivity index (χ3n) is 0.781. The summed E-state index contributed by atoms with van der Waals surface area (Å²) in [6.45, 7) is 0. The lowest BCUT2D eigenvalue weighted by Gasteiger charge is -2.07. The quantitative estimate of drug-likeness (QED) is 0.450. The number of rotatable bonds is 3. The van der Waals surface area contributed by atoms with Gasteiger partial charge in [-0.3, -0.25) is 4.57 Å². The fourth-order valence-corrected chi connectivity index (χ4v) is 0.597. The topological polar surface area (TPSA) is 66.8 Å². The van der Waals surface area contributed by atoms with Crippen LogP contribution in [0, 0.1) is 0 Å². The highest BCUT2D eigenvalue weighted by Crippen LogP contribution is 2.37. The lowest BCUT2D eigenvalue weighted by molar-refractivity contribution is -0.116. The Bertz CT molecular complexity index is 278. The van der Waals surface area contributed by atoms with Crippen LogP contribution in [0.1, 0.15) is 0 Å². The summed E-state index contributed by atoms with van der Waals surface area (Å²) >= 11 is 0. The second-order valence-electron chi connectivity index (χ2n) is 2.02. The van der Waals surface area contributed by atoms with Gasteiger partial charge in [0.1, 0.15) is 0 Å². The molecule has 0 unspecified atom stereocenters. The molecule has 0 atom stereocenters. The van der Waals surface area contributed by atoms with Crippen LogP contribution >= 0.6 is 7.60 Å². The van der Waals surface area contributed by atoms with Crippen LogP contribution in [0.25, 0.3) is 0 Å². The predicted molar refractivity (Wildman–Crippen MR) is 33.3 cm³/mol. The van der Waals surface area contributed by atoms with Crippen LogP contribution in [-0.2, 0) is 9.30 Å². The average molecular weight is 242 g/mol. The number of alkyl halides is 3. The number of hydrogen-bond donors (Lipinski definition) is 2. The maximum Gasteiger partial charge on any atom is 0.449 e. The molecule has 0 heterocycles. The van der Waals surface area contributed by atoms with Gasteiger partial charge in [0.15, 0.2) is 6.35 Å². The van der Waals surface area contributed by atoms with Crippen molar-refractivity contribution in [2.45, 2.75) is 6.18 Å². The molecule has 14 heavy (non-hydrogen) atoms. The summed E-state index contributed by atoms with van der Waals surface area (Å²) in [5, 5.41) is 0. The normalized spacial score (nSPS) is 15.1. The summed E-state index contributed by atoms with van der Waals surface area (Å²) in [5.74, 6) is -3.18. The highest BCUT2D eigenvalue weighted by Gasteiger charge is 2.39. The van der Waals surface area contributed by atoms with Gasteiger partial charge in [0.05, 0.1) is 0 Å². The molecule has 0 bridgehead atoms. The van der Waals surface area contributed by atoms with Crippen molar-refractivity contribution in [3.63, 3.8) is 0 Å². The van der Waals surface area contributed by atoms with Crippen molar-refractivity contribution in [3.05, 3.63) is 11.8 Å². The average Bonchev–Trinajstić information content (AvgIpc) is 1.95. The summed E-state index contributed by atoms with van der Waals surface area (Å²) < 4.78 is 71.3. The first kappa shape index (κ1) is 13.3. The Morgan fingerprint density at radius 1 is 1.29 bits per heavy atom. The molecule has 0 amide bonds. The molecule has 0 spiro atoms. The van der Waals surface area contributed by atoms with E-state index in [4.69, 9.17) is 9.79 Å². The molecule has 0 aliphatic rings. The summed E-state index contributed by atoms with van der Waals surface area (Å²) in [6, 6.07) is -2.71. The van der Waals surface area contributed by atoms with Crippen molar-refractivity contribution in [1.82, 2.24) is 0 Å². The lowest BCUT2D eigenvalue weighted by atomic mass is 10.5. The van der Waals surface area contributed by atoms with Crippen molar-refractivity contribution in [3.8, 4) is 0 Å². The molecule has 0 fully saturated rings. The first-order valence-electron chi connectivity index (χ1n) is 2.84. The van der Waals surface area contributed by atoms with Gasteiger partial charge in [-0.2, -0.15) is 22.0 Å². The molecule has 4 nitrogen and oxygen atoms in total. The molecule has 0 aliphatic carbocycles. The number of hydrogen-bond acceptors (Lipinski definition) is 2. The molecule has 0 saturated carbocycles. The molecule has 0 aliphatic heterocycles. The van der Waals surface area contributed by atoms with Gasteiger partial charge in [0.25, 0.3) is 5.83 Å². The van der Waals surface area contributed by atoms with E-state index in [9.17, 15) is 26.5 Å². The molecular formula is C4H4F5O4P. The van der Waals surface area contributed by atoms with Gasteiger partial charge in [0, 0.05) is 0 Å². The van der Waals surface area contributed by atoms with Gasteiger partial charge in [-0.1, -0.05) is 0 Å². The van der Waals surface area contributed by atoms with Crippen molar-refractivity contribution in [1.29, 1.82) is 0 Å². The van der Waals surface area contributed by atoms with Gasteiger partial charge in [-0.05, 0) is 0 Å². The van der Waals surface area contributed by atoms with Crippen LogP contribution in [0.5, 0.6) is 0 Å². The second-order valence-corrected chi connectivity index (χ2v) is 3.61. The Morgan fingerprint density at radius 3 is 2.00 bits per heavy atom. The zero-order valence-electron chi connectivity index (χ0n) is 6.26. The zero-order chi connectivity index (χ0) is 11.6. The van der Waals surface area contributed by atoms with Gasteiger partial charge >= 0.3 is 19.8 Å². The molecule has 0 saturated heterocycles. The van der Waals surface area contributed by atoms with E-state index in [-0.39, 0.29) is 0 Å². The number of halogens is 5. The molecular weight excluding hydrogens is 238 g/mol. The van der Waals surface area contributed by atoms with E-state index in [0.29, 0.717) is 0 Å². The highest BCUT2D eigenvalue weighted by molar-refractivity contribution is 7.51. The minimum Gasteiger partial charge on any atom is -0.456 e. The van der Waals surface area contributed by atoms with E-state index in [2.05, 4.69) is 4.74 Å². The van der Waals surface area contributed by atoms with Gasteiger partial charge in [0.2, 0.25) is 0 Å². The predicted octanol–water partition coefficient (Wildman–Crippen LogP) is 1.81. The molecule has 10 heteroatoms. The Morgan fingerprint density at radius 2 is 1.71 bits per heavy atom. The van der Waals surface area contributed by atoms with Crippen LogP contribution in [0.15, 0.2) is 11.8 Å². The van der Waals surface area contributed by atoms with Crippen molar-refractivity contribution >= 4 is 7.60 Å². The van der Waals surface area contributed by atoms with Crippen molar-refractivity contribution in [2.75, 3.05) is 6.35 Å². The first-order chi connectivity index (χ1) is 6.04. The minimum atomic E-state index is -5.58. The molecule has 0 aromatic heterocycles. The second kappa shape index (κ2) is 4.24. The Hall–Kier alpha value is -0.660. The van der Waals surface area contributed by atoms with Crippen molar-refractivity contribution < 1.29 is 41.0 Å². The molecule has 2 N–H and O–H groups in total. The summed E-state index contributed by atoms with van der Waals surface area (Å²) in [7, 11) is -4.84. The zero-order valence-corrected chi connectivity index (χ0v) is 7.15. The third kappa shape index (κ3) is 5.15. The molecule has 0 aromatic carbocycles. The van der Waals surface area contributed by atoms with E-state index < -0.39 is 32.0 Å². The molecule has 84 valence electrons. The molecule has 0 aromatic rings. The van der Waals surface area contributed by atoms with Crippen LogP contribution < -0.4 is 0 Å². The summed E-state index contributed by atoms with van der Waals surface area (Å²) in [5.41, 5.74) is 0. The first-order valence-corrected chi connectivity index (χ1v) is 4.63. The van der Waals surface area contributed by atoms with Crippen LogP contribution in [0.4, 0.5) is 22.0 Å². The van der Waals surface area contributed by atoms with Gasteiger partial charge in [-0.25, -0.2) is 0 Å². The maximum absolute atomic E-state index is 12.0. The Labute approximate surface area is 74.1 Å². The fourth-order valence-electron chi connectivity index (χ4n) is 0.316. The molecule has 0 radical (unpaired) electrons. The standard InChI is InChI=1S/C4H4F5O4P/c5-2(4(7,8)9)3(6)13-1-14(10,11)12/h1H2,(H2,10,11,12)/b3-2-. The van der Waals surface area contributed by atoms with Crippen LogP contribution in [0.2, 0.25) is 0 Å². The Kier molecular flexibility index (Phi) is 4.04. The number of allylic oxidation sites excluding steroid dienone is 1. The van der Waals surface area contributed by atoms with Crippen LogP contribution in [-0.4, -0.2) is 22.3 Å². The number of ether oxygens (including phenoxy) is 1. The minimum absolute atomic E-state index is 1.66.